The van der Waals surface area contributed by atoms with Gasteiger partial charge >= 0.3 is 12.2 Å². The van der Waals surface area contributed by atoms with Crippen LogP contribution < -0.4 is 14.8 Å². The lowest BCUT2D eigenvalue weighted by Crippen LogP contribution is -2.41. The van der Waals surface area contributed by atoms with E-state index in [9.17, 15) is 18.0 Å². The fraction of sp³-hybridized carbons (Fsp3) is 0.421. The summed E-state index contributed by atoms with van der Waals surface area (Å²) < 4.78 is 47.3. The number of anilines is 1. The van der Waals surface area contributed by atoms with Gasteiger partial charge in [0.25, 0.3) is 0 Å². The molecule has 2 aromatic rings. The summed E-state index contributed by atoms with van der Waals surface area (Å²) in [6, 6.07) is 6.10. The average molecular weight is 414 g/mol. The highest BCUT2D eigenvalue weighted by Crippen LogP contribution is 2.36. The molecule has 0 saturated carbocycles. The molecule has 1 N–H and O–H groups in total. The first-order valence-corrected chi connectivity index (χ1v) is 9.71. The number of amides is 2. The number of urea groups is 1. The summed E-state index contributed by atoms with van der Waals surface area (Å²) >= 11 is 1.69. The monoisotopic (exact) mass is 414 g/mol. The Bertz CT molecular complexity index is 838. The number of halogens is 3. The van der Waals surface area contributed by atoms with Gasteiger partial charge < -0.3 is 19.7 Å². The molecular formula is C19H21F3N2O3S. The van der Waals surface area contributed by atoms with Crippen molar-refractivity contribution in [3.8, 4) is 11.5 Å². The van der Waals surface area contributed by atoms with Crippen LogP contribution in [-0.2, 0) is 6.42 Å². The number of hydrogen-bond acceptors (Lipinski definition) is 4. The van der Waals surface area contributed by atoms with Gasteiger partial charge in [0.15, 0.2) is 18.1 Å². The second-order valence-corrected chi connectivity index (χ2v) is 7.37. The predicted molar refractivity (Wildman–Crippen MR) is 101 cm³/mol. The van der Waals surface area contributed by atoms with Crippen LogP contribution in [0.4, 0.5) is 23.7 Å². The summed E-state index contributed by atoms with van der Waals surface area (Å²) in [5.74, 6) is 0.0815. The Morgan fingerprint density at radius 3 is 2.79 bits per heavy atom. The van der Waals surface area contributed by atoms with Gasteiger partial charge in [0.2, 0.25) is 0 Å². The van der Waals surface area contributed by atoms with E-state index in [1.165, 1.54) is 24.1 Å². The third-order valence-corrected chi connectivity index (χ3v) is 5.55. The van der Waals surface area contributed by atoms with Crippen molar-refractivity contribution in [1.29, 1.82) is 0 Å². The number of nitrogens with zero attached hydrogens (tertiary/aromatic N) is 1. The summed E-state index contributed by atoms with van der Waals surface area (Å²) in [6.45, 7) is 1.17. The molecule has 1 aromatic carbocycles. The van der Waals surface area contributed by atoms with Gasteiger partial charge in [0.05, 0.1) is 13.2 Å². The van der Waals surface area contributed by atoms with E-state index in [0.29, 0.717) is 12.2 Å². The highest BCUT2D eigenvalue weighted by molar-refractivity contribution is 7.10. The third-order valence-electron chi connectivity index (χ3n) is 4.55. The second-order valence-electron chi connectivity index (χ2n) is 6.37. The topological polar surface area (TPSA) is 50.8 Å². The number of benzene rings is 1. The molecule has 9 heteroatoms. The summed E-state index contributed by atoms with van der Waals surface area (Å²) in [7, 11) is 1.34. The molecule has 1 aromatic heterocycles. The normalized spacial score (nSPS) is 16.5. The standard InChI is InChI=1S/C19H21F3N2O3S/c1-3-14-13-7-9-28-17(13)6-8-24(14)18(25)23-12-4-5-15(26-2)16(10-12)27-11-19(20,21)22/h4-5,7,9-10,14H,3,6,8,11H2,1-2H3,(H,23,25). The molecule has 1 aliphatic rings. The van der Waals surface area contributed by atoms with E-state index >= 15 is 0 Å². The Morgan fingerprint density at radius 2 is 2.11 bits per heavy atom. The van der Waals surface area contributed by atoms with Gasteiger partial charge in [0.1, 0.15) is 0 Å². The molecule has 2 heterocycles. The molecule has 1 atom stereocenters. The van der Waals surface area contributed by atoms with Crippen molar-refractivity contribution >= 4 is 23.1 Å². The molecule has 152 valence electrons. The Hall–Kier alpha value is -2.42. The summed E-state index contributed by atoms with van der Waals surface area (Å²) in [5.41, 5.74) is 1.51. The average Bonchev–Trinajstić information content (AvgIpc) is 3.13. The van der Waals surface area contributed by atoms with E-state index in [4.69, 9.17) is 9.47 Å². The van der Waals surface area contributed by atoms with Gasteiger partial charge in [-0.1, -0.05) is 6.92 Å². The fourth-order valence-electron chi connectivity index (χ4n) is 3.30. The lowest BCUT2D eigenvalue weighted by atomic mass is 9.98. The summed E-state index contributed by atoms with van der Waals surface area (Å²) in [6.07, 6.45) is -2.90. The van der Waals surface area contributed by atoms with E-state index in [1.54, 1.807) is 22.3 Å². The number of rotatable bonds is 5. The first kappa shape index (κ1) is 20.3. The zero-order valence-corrected chi connectivity index (χ0v) is 16.3. The maximum atomic E-state index is 12.8. The maximum Gasteiger partial charge on any atom is 0.422 e. The van der Waals surface area contributed by atoms with Crippen LogP contribution in [0.3, 0.4) is 0 Å². The summed E-state index contributed by atoms with van der Waals surface area (Å²) in [4.78, 5) is 15.9. The number of alkyl halides is 3. The van der Waals surface area contributed by atoms with Crippen LogP contribution in [-0.4, -0.2) is 37.4 Å². The van der Waals surface area contributed by atoms with Crippen molar-refractivity contribution in [2.45, 2.75) is 32.0 Å². The highest BCUT2D eigenvalue weighted by Gasteiger charge is 2.31. The van der Waals surface area contributed by atoms with E-state index in [1.807, 2.05) is 18.4 Å². The summed E-state index contributed by atoms with van der Waals surface area (Å²) in [5, 5.41) is 4.79. The van der Waals surface area contributed by atoms with Crippen molar-refractivity contribution in [2.24, 2.45) is 0 Å². The number of carbonyl (C=O) groups is 1. The van der Waals surface area contributed by atoms with Crippen LogP contribution in [0, 0.1) is 0 Å². The molecule has 0 radical (unpaired) electrons. The number of hydrogen-bond donors (Lipinski definition) is 1. The Balaban J connectivity index is 1.75. The molecule has 0 saturated heterocycles. The maximum absolute atomic E-state index is 12.8. The molecule has 1 unspecified atom stereocenters. The number of fused-ring (bicyclic) bond motifs is 1. The molecule has 1 aliphatic heterocycles. The molecular weight excluding hydrogens is 393 g/mol. The Morgan fingerprint density at radius 1 is 1.32 bits per heavy atom. The van der Waals surface area contributed by atoms with Crippen molar-refractivity contribution in [2.75, 3.05) is 25.6 Å². The van der Waals surface area contributed by atoms with Crippen molar-refractivity contribution < 1.29 is 27.4 Å². The molecule has 28 heavy (non-hydrogen) atoms. The van der Waals surface area contributed by atoms with E-state index in [2.05, 4.69) is 5.32 Å². The second kappa shape index (κ2) is 8.30. The highest BCUT2D eigenvalue weighted by atomic mass is 32.1. The first-order valence-electron chi connectivity index (χ1n) is 8.84. The van der Waals surface area contributed by atoms with E-state index in [-0.39, 0.29) is 23.6 Å². The Labute approximate surface area is 165 Å². The minimum atomic E-state index is -4.47. The van der Waals surface area contributed by atoms with Crippen LogP contribution in [0.25, 0.3) is 0 Å². The van der Waals surface area contributed by atoms with E-state index < -0.39 is 12.8 Å². The molecule has 2 amide bonds. The fourth-order valence-corrected chi connectivity index (χ4v) is 4.23. The molecule has 3 rings (SSSR count). The first-order chi connectivity index (χ1) is 13.3. The number of ether oxygens (including phenoxy) is 2. The molecule has 0 aliphatic carbocycles. The minimum Gasteiger partial charge on any atom is -0.493 e. The van der Waals surface area contributed by atoms with Gasteiger partial charge in [-0.15, -0.1) is 11.3 Å². The van der Waals surface area contributed by atoms with Crippen LogP contribution >= 0.6 is 11.3 Å². The molecule has 0 spiro atoms. The third kappa shape index (κ3) is 4.52. The van der Waals surface area contributed by atoms with E-state index in [0.717, 1.165) is 18.4 Å². The smallest absolute Gasteiger partial charge is 0.422 e. The van der Waals surface area contributed by atoms with Gasteiger partial charge in [-0.05, 0) is 42.0 Å². The zero-order valence-electron chi connectivity index (χ0n) is 15.5. The number of thiophene rings is 1. The van der Waals surface area contributed by atoms with Gasteiger partial charge in [-0.3, -0.25) is 0 Å². The molecule has 0 fully saturated rings. The quantitative estimate of drug-likeness (QED) is 0.728. The largest absolute Gasteiger partial charge is 0.493 e. The minimum absolute atomic E-state index is 0.0193. The molecule has 5 nitrogen and oxygen atoms in total. The van der Waals surface area contributed by atoms with Crippen molar-refractivity contribution in [3.63, 3.8) is 0 Å². The van der Waals surface area contributed by atoms with Crippen LogP contribution in [0.15, 0.2) is 29.6 Å². The molecule has 0 bridgehead atoms. The number of carbonyl (C=O) groups excluding carboxylic acids is 1. The number of methoxy groups -OCH3 is 1. The van der Waals surface area contributed by atoms with Gasteiger partial charge in [0, 0.05) is 23.2 Å². The number of nitrogens with one attached hydrogen (secondary N) is 1. The zero-order chi connectivity index (χ0) is 20.3. The van der Waals surface area contributed by atoms with Crippen molar-refractivity contribution in [1.82, 2.24) is 4.90 Å². The lowest BCUT2D eigenvalue weighted by molar-refractivity contribution is -0.153. The van der Waals surface area contributed by atoms with Crippen molar-refractivity contribution in [3.05, 3.63) is 40.1 Å². The lowest BCUT2D eigenvalue weighted by Gasteiger charge is -2.35. The van der Waals surface area contributed by atoms with Gasteiger partial charge in [-0.25, -0.2) is 4.79 Å². The van der Waals surface area contributed by atoms with Crippen LogP contribution in [0.1, 0.15) is 29.8 Å². The van der Waals surface area contributed by atoms with Crippen LogP contribution in [0.2, 0.25) is 0 Å². The predicted octanol–water partition coefficient (Wildman–Crippen LogP) is 5.24. The SMILES string of the molecule is CCC1c2ccsc2CCN1C(=O)Nc1ccc(OC)c(OCC(F)(F)F)c1. The Kier molecular flexibility index (Phi) is 6.02. The van der Waals surface area contributed by atoms with Crippen LogP contribution in [0.5, 0.6) is 11.5 Å². The van der Waals surface area contributed by atoms with Gasteiger partial charge in [-0.2, -0.15) is 13.2 Å².